The Hall–Kier alpha value is -2.20. The molecular weight excluding hydrogens is 314 g/mol. The van der Waals surface area contributed by atoms with E-state index in [0.29, 0.717) is 38.9 Å². The molecule has 2 rings (SSSR count). The molecule has 0 aliphatic carbocycles. The molecule has 0 heterocycles. The van der Waals surface area contributed by atoms with Crippen molar-refractivity contribution in [2.24, 2.45) is 0 Å². The lowest BCUT2D eigenvalue weighted by Gasteiger charge is -2.16. The molecule has 4 nitrogen and oxygen atoms in total. The molecule has 136 valence electrons. The van der Waals surface area contributed by atoms with Crippen molar-refractivity contribution in [1.82, 2.24) is 0 Å². The molecule has 1 N–H and O–H groups in total. The fraction of sp³-hybridized carbons (Fsp3) is 0.429. The van der Waals surface area contributed by atoms with Crippen LogP contribution in [0.4, 0.5) is 5.69 Å². The van der Waals surface area contributed by atoms with Crippen molar-refractivity contribution < 1.29 is 14.2 Å². The number of para-hydroxylation sites is 3. The summed E-state index contributed by atoms with van der Waals surface area (Å²) in [4.78, 5) is 0. The summed E-state index contributed by atoms with van der Waals surface area (Å²) in [6.45, 7) is 9.48. The molecular formula is C21H29NO3. The second kappa shape index (κ2) is 10.6. The monoisotopic (exact) mass is 343 g/mol. The molecule has 0 aromatic heterocycles. The van der Waals surface area contributed by atoms with Crippen LogP contribution in [-0.4, -0.2) is 33.0 Å². The van der Waals surface area contributed by atoms with Crippen molar-refractivity contribution in [2.75, 3.05) is 38.3 Å². The smallest absolute Gasteiger partial charge is 0.142 e. The molecule has 2 aromatic rings. The van der Waals surface area contributed by atoms with E-state index in [0.717, 1.165) is 17.2 Å². The highest BCUT2D eigenvalue weighted by atomic mass is 16.5. The Morgan fingerprint density at radius 2 is 1.52 bits per heavy atom. The predicted molar refractivity (Wildman–Crippen MR) is 103 cm³/mol. The minimum absolute atomic E-state index is 0.448. The summed E-state index contributed by atoms with van der Waals surface area (Å²) >= 11 is 0. The summed E-state index contributed by atoms with van der Waals surface area (Å²) in [6.07, 6.45) is 0. The second-order valence-electron chi connectivity index (χ2n) is 6.01. The second-order valence-corrected chi connectivity index (χ2v) is 6.01. The zero-order valence-electron chi connectivity index (χ0n) is 15.5. The van der Waals surface area contributed by atoms with Gasteiger partial charge in [0.25, 0.3) is 0 Å². The lowest BCUT2D eigenvalue weighted by Crippen LogP contribution is -2.14. The number of hydrogen-bond donors (Lipinski definition) is 1. The first-order valence-corrected chi connectivity index (χ1v) is 8.97. The topological polar surface area (TPSA) is 39.7 Å². The van der Waals surface area contributed by atoms with Crippen molar-refractivity contribution in [3.05, 3.63) is 54.1 Å². The van der Waals surface area contributed by atoms with Gasteiger partial charge in [0.15, 0.2) is 0 Å². The summed E-state index contributed by atoms with van der Waals surface area (Å²) < 4.78 is 17.0. The van der Waals surface area contributed by atoms with E-state index in [1.807, 2.05) is 43.3 Å². The first-order chi connectivity index (χ1) is 12.2. The van der Waals surface area contributed by atoms with Crippen molar-refractivity contribution in [2.45, 2.75) is 26.7 Å². The molecule has 0 spiro atoms. The van der Waals surface area contributed by atoms with E-state index in [1.165, 1.54) is 5.56 Å². The van der Waals surface area contributed by atoms with Crippen LogP contribution >= 0.6 is 0 Å². The first-order valence-electron chi connectivity index (χ1n) is 8.97. The summed E-state index contributed by atoms with van der Waals surface area (Å²) in [6, 6.07) is 16.1. The zero-order valence-corrected chi connectivity index (χ0v) is 15.5. The minimum Gasteiger partial charge on any atom is -0.491 e. The molecule has 25 heavy (non-hydrogen) atoms. The van der Waals surface area contributed by atoms with Gasteiger partial charge in [-0.25, -0.2) is 0 Å². The number of rotatable bonds is 11. The van der Waals surface area contributed by atoms with Gasteiger partial charge in [0.2, 0.25) is 0 Å². The standard InChI is InChI=1S/C21H29NO3/c1-4-23-15-16-25-21-12-8-6-10-19(21)22-13-14-24-20-11-7-5-9-18(20)17(2)3/h5-12,17,22H,4,13-16H2,1-3H3. The number of hydrogen-bond acceptors (Lipinski definition) is 4. The van der Waals surface area contributed by atoms with Gasteiger partial charge in [0.1, 0.15) is 24.7 Å². The summed E-state index contributed by atoms with van der Waals surface area (Å²) in [5, 5.41) is 3.38. The molecule has 0 bridgehead atoms. The van der Waals surface area contributed by atoms with Gasteiger partial charge in [0, 0.05) is 13.2 Å². The molecule has 4 heteroatoms. The van der Waals surface area contributed by atoms with E-state index >= 15 is 0 Å². The normalized spacial score (nSPS) is 10.7. The van der Waals surface area contributed by atoms with Gasteiger partial charge in [-0.15, -0.1) is 0 Å². The maximum Gasteiger partial charge on any atom is 0.142 e. The van der Waals surface area contributed by atoms with E-state index in [9.17, 15) is 0 Å². The quantitative estimate of drug-likeness (QED) is 0.600. The molecule has 2 aromatic carbocycles. The Morgan fingerprint density at radius 1 is 0.840 bits per heavy atom. The van der Waals surface area contributed by atoms with Crippen LogP contribution in [0, 0.1) is 0 Å². The van der Waals surface area contributed by atoms with Crippen molar-refractivity contribution >= 4 is 5.69 Å². The highest BCUT2D eigenvalue weighted by Crippen LogP contribution is 2.26. The van der Waals surface area contributed by atoms with Crippen LogP contribution in [0.15, 0.2) is 48.5 Å². The Labute approximate surface area is 151 Å². The molecule has 0 amide bonds. The first kappa shape index (κ1) is 19.1. The fourth-order valence-electron chi connectivity index (χ4n) is 2.53. The van der Waals surface area contributed by atoms with Gasteiger partial charge in [0.05, 0.1) is 12.3 Å². The third-order valence-corrected chi connectivity index (χ3v) is 3.79. The van der Waals surface area contributed by atoms with Crippen LogP contribution in [0.25, 0.3) is 0 Å². The van der Waals surface area contributed by atoms with Crippen LogP contribution in [0.5, 0.6) is 11.5 Å². The predicted octanol–water partition coefficient (Wildman–Crippen LogP) is 4.72. The average Bonchev–Trinajstić information content (AvgIpc) is 2.63. The van der Waals surface area contributed by atoms with Crippen LogP contribution in [0.2, 0.25) is 0 Å². The van der Waals surface area contributed by atoms with E-state index in [2.05, 4.69) is 31.3 Å². The largest absolute Gasteiger partial charge is 0.491 e. The SMILES string of the molecule is CCOCCOc1ccccc1NCCOc1ccccc1C(C)C. The maximum absolute atomic E-state index is 5.95. The Morgan fingerprint density at radius 3 is 2.28 bits per heavy atom. The number of anilines is 1. The van der Waals surface area contributed by atoms with E-state index in [1.54, 1.807) is 0 Å². The number of ether oxygens (including phenoxy) is 3. The van der Waals surface area contributed by atoms with Gasteiger partial charge < -0.3 is 19.5 Å². The Balaban J connectivity index is 1.82. The molecule has 0 saturated heterocycles. The Kier molecular flexibility index (Phi) is 8.13. The summed E-state index contributed by atoms with van der Waals surface area (Å²) in [5.41, 5.74) is 2.21. The van der Waals surface area contributed by atoms with E-state index < -0.39 is 0 Å². The van der Waals surface area contributed by atoms with E-state index in [4.69, 9.17) is 14.2 Å². The zero-order chi connectivity index (χ0) is 17.9. The van der Waals surface area contributed by atoms with Crippen LogP contribution < -0.4 is 14.8 Å². The van der Waals surface area contributed by atoms with Gasteiger partial charge >= 0.3 is 0 Å². The fourth-order valence-corrected chi connectivity index (χ4v) is 2.53. The molecule has 0 saturated carbocycles. The maximum atomic E-state index is 5.95. The highest BCUT2D eigenvalue weighted by Gasteiger charge is 2.07. The minimum atomic E-state index is 0.448. The molecule has 0 aliphatic heterocycles. The molecule has 0 aliphatic rings. The van der Waals surface area contributed by atoms with Gasteiger partial charge in [-0.2, -0.15) is 0 Å². The van der Waals surface area contributed by atoms with E-state index in [-0.39, 0.29) is 0 Å². The van der Waals surface area contributed by atoms with Gasteiger partial charge in [-0.3, -0.25) is 0 Å². The molecule has 0 radical (unpaired) electrons. The van der Waals surface area contributed by atoms with Gasteiger partial charge in [-0.05, 0) is 36.6 Å². The number of benzene rings is 2. The lowest BCUT2D eigenvalue weighted by molar-refractivity contribution is 0.110. The third-order valence-electron chi connectivity index (χ3n) is 3.79. The van der Waals surface area contributed by atoms with Crippen LogP contribution in [0.1, 0.15) is 32.3 Å². The number of nitrogens with one attached hydrogen (secondary N) is 1. The van der Waals surface area contributed by atoms with Crippen LogP contribution in [0.3, 0.4) is 0 Å². The molecule has 0 fully saturated rings. The highest BCUT2D eigenvalue weighted by molar-refractivity contribution is 5.56. The Bertz CT molecular complexity index is 628. The van der Waals surface area contributed by atoms with Gasteiger partial charge in [-0.1, -0.05) is 44.2 Å². The summed E-state index contributed by atoms with van der Waals surface area (Å²) in [7, 11) is 0. The lowest BCUT2D eigenvalue weighted by atomic mass is 10.0. The third kappa shape index (κ3) is 6.31. The summed E-state index contributed by atoms with van der Waals surface area (Å²) in [5.74, 6) is 2.24. The average molecular weight is 343 g/mol. The van der Waals surface area contributed by atoms with Crippen molar-refractivity contribution in [3.63, 3.8) is 0 Å². The molecule has 0 atom stereocenters. The van der Waals surface area contributed by atoms with Crippen LogP contribution in [-0.2, 0) is 4.74 Å². The molecule has 0 unspecified atom stereocenters. The van der Waals surface area contributed by atoms with Crippen molar-refractivity contribution in [3.8, 4) is 11.5 Å². The van der Waals surface area contributed by atoms with Crippen molar-refractivity contribution in [1.29, 1.82) is 0 Å².